The lowest BCUT2D eigenvalue weighted by Crippen LogP contribution is -2.12. The molecule has 0 saturated heterocycles. The summed E-state index contributed by atoms with van der Waals surface area (Å²) in [6.45, 7) is 0.701. The predicted octanol–water partition coefficient (Wildman–Crippen LogP) is 11.2. The molecule has 45 heavy (non-hydrogen) atoms. The van der Waals surface area contributed by atoms with Crippen LogP contribution in [0.15, 0.2) is 133 Å². The van der Waals surface area contributed by atoms with Crippen molar-refractivity contribution >= 4 is 45.3 Å². The molecule has 0 unspecified atom stereocenters. The Morgan fingerprint density at radius 3 is 1.64 bits per heavy atom. The average molecular weight is 680 g/mol. The molecule has 0 amide bonds. The van der Waals surface area contributed by atoms with Crippen LogP contribution in [0.2, 0.25) is 0 Å². The highest BCUT2D eigenvalue weighted by Crippen LogP contribution is 2.59. The number of fused-ring (bicyclic) bond motifs is 7. The summed E-state index contributed by atoms with van der Waals surface area (Å²) >= 11 is 3.88. The summed E-state index contributed by atoms with van der Waals surface area (Å²) in [6.07, 6.45) is 1.16. The van der Waals surface area contributed by atoms with Crippen LogP contribution < -0.4 is 9.05 Å². The number of hydrogen-bond donors (Lipinski definition) is 0. The Bertz CT molecular complexity index is 1890. The fourth-order valence-electron chi connectivity index (χ4n) is 5.88. The summed E-state index contributed by atoms with van der Waals surface area (Å²) in [4.78, 5) is -0.00623. The van der Waals surface area contributed by atoms with Crippen LogP contribution in [-0.4, -0.2) is 13.2 Å². The summed E-state index contributed by atoms with van der Waals surface area (Å²) in [6, 6.07) is 44.4. The second-order valence-electron chi connectivity index (χ2n) is 11.0. The van der Waals surface area contributed by atoms with E-state index in [-0.39, 0.29) is 17.5 Å². The Balaban J connectivity index is 1.07. The van der Waals surface area contributed by atoms with Crippen LogP contribution in [0.5, 0.6) is 11.5 Å². The number of rotatable bonds is 10. The van der Waals surface area contributed by atoms with Gasteiger partial charge in [0.15, 0.2) is 0 Å². The summed E-state index contributed by atoms with van der Waals surface area (Å²) < 4.78 is 38.8. The molecule has 0 N–H and O–H groups in total. The second-order valence-corrected chi connectivity index (χ2v) is 13.5. The van der Waals surface area contributed by atoms with Crippen LogP contribution >= 0.6 is 23.8 Å². The molecule has 1 aliphatic rings. The average Bonchev–Trinajstić information content (AvgIpc) is 3.22. The molecular formula is C38H32BrO5P. The molecule has 0 saturated carbocycles. The highest BCUT2D eigenvalue weighted by Gasteiger charge is 2.37. The van der Waals surface area contributed by atoms with Gasteiger partial charge in [-0.2, -0.15) is 0 Å². The van der Waals surface area contributed by atoms with E-state index in [4.69, 9.17) is 18.3 Å². The van der Waals surface area contributed by atoms with Crippen LogP contribution in [-0.2, 0) is 13.8 Å². The third-order valence-corrected chi connectivity index (χ3v) is 10.4. The molecule has 0 aliphatic carbocycles. The largest absolute Gasteiger partial charge is 0.587 e. The molecule has 226 valence electrons. The van der Waals surface area contributed by atoms with E-state index >= 15 is 0 Å². The van der Waals surface area contributed by atoms with E-state index in [1.165, 1.54) is 0 Å². The molecule has 1 aliphatic heterocycles. The third-order valence-electron chi connectivity index (χ3n) is 8.05. The summed E-state index contributed by atoms with van der Waals surface area (Å²) in [7, 11) is -4.00. The molecule has 0 spiro atoms. The van der Waals surface area contributed by atoms with Gasteiger partial charge in [-0.15, -0.1) is 0 Å². The maximum absolute atomic E-state index is 14.1. The molecule has 2 atom stereocenters. The van der Waals surface area contributed by atoms with Gasteiger partial charge in [-0.25, -0.2) is 4.57 Å². The quantitative estimate of drug-likeness (QED) is 0.0819. The van der Waals surface area contributed by atoms with Crippen LogP contribution in [0.1, 0.15) is 34.9 Å². The van der Waals surface area contributed by atoms with Crippen LogP contribution in [0.4, 0.5) is 0 Å². The van der Waals surface area contributed by atoms with Crippen molar-refractivity contribution in [2.75, 3.05) is 13.2 Å². The van der Waals surface area contributed by atoms with E-state index in [1.807, 2.05) is 84.9 Å². The smallest absolute Gasteiger partial charge is 0.394 e. The first-order valence-corrected chi connectivity index (χ1v) is 17.5. The number of phosphoric acid groups is 1. The normalized spacial score (nSPS) is 14.9. The maximum atomic E-state index is 14.1. The van der Waals surface area contributed by atoms with E-state index in [0.29, 0.717) is 30.9 Å². The SMILES string of the molecule is O=P1(OCCCCO[C@H](c2ccccc2)[C@@H](Br)c2ccccc2)Oc2ccc3ccccc3c2-c2c(ccc3ccccc23)O1. The van der Waals surface area contributed by atoms with Crippen molar-refractivity contribution < 1.29 is 22.9 Å². The lowest BCUT2D eigenvalue weighted by molar-refractivity contribution is 0.0473. The lowest BCUT2D eigenvalue weighted by Gasteiger charge is -2.24. The maximum Gasteiger partial charge on any atom is 0.587 e. The number of alkyl halides is 1. The van der Waals surface area contributed by atoms with Crippen molar-refractivity contribution in [1.82, 2.24) is 0 Å². The van der Waals surface area contributed by atoms with Gasteiger partial charge in [-0.3, -0.25) is 4.52 Å². The molecule has 1 heterocycles. The molecule has 6 aromatic rings. The Labute approximate surface area is 271 Å². The molecule has 0 fully saturated rings. The fraction of sp³-hybridized carbons (Fsp3) is 0.158. The van der Waals surface area contributed by atoms with Gasteiger partial charge in [-0.1, -0.05) is 137 Å². The number of halogens is 1. The Kier molecular flexibility index (Phi) is 8.73. The molecule has 6 aromatic carbocycles. The van der Waals surface area contributed by atoms with Crippen LogP contribution in [0.3, 0.4) is 0 Å². The van der Waals surface area contributed by atoms with E-state index < -0.39 is 7.82 Å². The van der Waals surface area contributed by atoms with Crippen LogP contribution in [0.25, 0.3) is 32.7 Å². The van der Waals surface area contributed by atoms with Gasteiger partial charge in [0.2, 0.25) is 0 Å². The Hall–Kier alpha value is -3.93. The molecule has 7 rings (SSSR count). The minimum absolute atomic E-state index is 0.00623. The summed E-state index contributed by atoms with van der Waals surface area (Å²) in [5.41, 5.74) is 3.95. The van der Waals surface area contributed by atoms with E-state index in [2.05, 4.69) is 64.5 Å². The monoisotopic (exact) mass is 678 g/mol. The third kappa shape index (κ3) is 6.29. The fourth-order valence-corrected chi connectivity index (χ4v) is 7.92. The van der Waals surface area contributed by atoms with Crippen molar-refractivity contribution in [3.05, 3.63) is 145 Å². The number of ether oxygens (including phenoxy) is 1. The van der Waals surface area contributed by atoms with E-state index in [9.17, 15) is 4.57 Å². The van der Waals surface area contributed by atoms with Gasteiger partial charge in [0, 0.05) is 17.7 Å². The zero-order chi connectivity index (χ0) is 30.6. The van der Waals surface area contributed by atoms with Crippen molar-refractivity contribution in [3.8, 4) is 22.6 Å². The Morgan fingerprint density at radius 2 is 1.07 bits per heavy atom. The molecule has 5 nitrogen and oxygen atoms in total. The lowest BCUT2D eigenvalue weighted by atomic mass is 9.92. The number of phosphoric ester groups is 1. The van der Waals surface area contributed by atoms with Gasteiger partial charge in [0.1, 0.15) is 11.5 Å². The molecule has 0 radical (unpaired) electrons. The van der Waals surface area contributed by atoms with Crippen molar-refractivity contribution in [1.29, 1.82) is 0 Å². The molecule has 0 bridgehead atoms. The minimum atomic E-state index is -4.00. The number of hydrogen-bond acceptors (Lipinski definition) is 5. The first-order valence-electron chi connectivity index (χ1n) is 15.1. The summed E-state index contributed by atoms with van der Waals surface area (Å²) in [5.74, 6) is 0.955. The molecular weight excluding hydrogens is 647 g/mol. The first kappa shape index (κ1) is 29.8. The zero-order valence-electron chi connectivity index (χ0n) is 24.6. The number of unbranched alkanes of at least 4 members (excludes halogenated alkanes) is 1. The first-order chi connectivity index (χ1) is 22.1. The molecule has 7 heteroatoms. The second kappa shape index (κ2) is 13.2. The Morgan fingerprint density at radius 1 is 0.578 bits per heavy atom. The van der Waals surface area contributed by atoms with Crippen molar-refractivity contribution in [3.63, 3.8) is 0 Å². The van der Waals surface area contributed by atoms with Crippen molar-refractivity contribution in [2.24, 2.45) is 0 Å². The van der Waals surface area contributed by atoms with Gasteiger partial charge >= 0.3 is 7.82 Å². The summed E-state index contributed by atoms with van der Waals surface area (Å²) in [5, 5.41) is 4.11. The highest BCUT2D eigenvalue weighted by molar-refractivity contribution is 9.09. The topological polar surface area (TPSA) is 54.0 Å². The van der Waals surface area contributed by atoms with Gasteiger partial charge < -0.3 is 13.8 Å². The van der Waals surface area contributed by atoms with Crippen molar-refractivity contribution in [2.45, 2.75) is 23.8 Å². The van der Waals surface area contributed by atoms with Gasteiger partial charge in [0.05, 0.1) is 17.5 Å². The van der Waals surface area contributed by atoms with Gasteiger partial charge in [-0.05, 0) is 57.6 Å². The van der Waals surface area contributed by atoms with Gasteiger partial charge in [0.25, 0.3) is 0 Å². The zero-order valence-corrected chi connectivity index (χ0v) is 27.0. The van der Waals surface area contributed by atoms with E-state index in [1.54, 1.807) is 0 Å². The van der Waals surface area contributed by atoms with Crippen LogP contribution in [0, 0.1) is 0 Å². The predicted molar refractivity (Wildman–Crippen MR) is 184 cm³/mol. The molecule has 0 aromatic heterocycles. The minimum Gasteiger partial charge on any atom is -0.394 e. The highest BCUT2D eigenvalue weighted by atomic mass is 79.9. The van der Waals surface area contributed by atoms with E-state index in [0.717, 1.165) is 43.8 Å². The standard InChI is InChI=1S/C38H32BrO5P/c39-37(29-15-3-1-4-16-29)38(30-17-5-2-6-18-30)41-25-11-12-26-42-45(40)43-33-23-21-27-13-7-9-19-31(27)35(33)36-32-20-10-8-14-28(32)22-24-34(36)44-45/h1-10,13-24,37-38H,11-12,25-26H2/t37-,38+/m0/s1. The number of benzene rings is 6.